The number of aliphatic hydroxyl groups excluding tert-OH is 2. The molecule has 0 aromatic heterocycles. The van der Waals surface area contributed by atoms with E-state index in [1.807, 2.05) is 12.2 Å². The maximum absolute atomic E-state index is 12.3. The number of hydrogen-bond donors (Lipinski definition) is 3. The van der Waals surface area contributed by atoms with Crippen LogP contribution in [0.5, 0.6) is 0 Å². The molecule has 0 aliphatic rings. The van der Waals surface area contributed by atoms with Crippen molar-refractivity contribution in [2.24, 2.45) is 0 Å². The molecule has 2 unspecified atom stereocenters. The summed E-state index contributed by atoms with van der Waals surface area (Å²) in [4.78, 5) is 24.3. The topological polar surface area (TPSA) is 95.9 Å². The molecule has 6 heteroatoms. The van der Waals surface area contributed by atoms with Crippen molar-refractivity contribution in [3.8, 4) is 0 Å². The minimum Gasteiger partial charge on any atom is -0.466 e. The summed E-state index contributed by atoms with van der Waals surface area (Å²) < 4.78 is 5.42. The Balaban J connectivity index is 3.60. The van der Waals surface area contributed by atoms with E-state index < -0.39 is 12.1 Å². The zero-order chi connectivity index (χ0) is 38.7. The van der Waals surface area contributed by atoms with E-state index in [0.29, 0.717) is 25.9 Å². The van der Waals surface area contributed by atoms with Gasteiger partial charge in [-0.25, -0.2) is 0 Å². The molecule has 3 N–H and O–H groups in total. The quantitative estimate of drug-likeness (QED) is 0.0331. The van der Waals surface area contributed by atoms with Crippen LogP contribution in [0, 0.1) is 0 Å². The molecule has 1 amide bonds. The molecule has 0 aliphatic carbocycles. The first-order valence-electron chi connectivity index (χ1n) is 22.1. The van der Waals surface area contributed by atoms with Crippen molar-refractivity contribution in [1.29, 1.82) is 0 Å². The number of esters is 1. The van der Waals surface area contributed by atoms with Crippen molar-refractivity contribution < 1.29 is 24.5 Å². The van der Waals surface area contributed by atoms with Crippen LogP contribution in [-0.2, 0) is 14.3 Å². The van der Waals surface area contributed by atoms with E-state index in [0.717, 1.165) is 64.2 Å². The average molecular weight is 742 g/mol. The van der Waals surface area contributed by atoms with E-state index in [9.17, 15) is 19.8 Å². The third-order valence-corrected chi connectivity index (χ3v) is 9.52. The van der Waals surface area contributed by atoms with Crippen LogP contribution in [0.4, 0.5) is 0 Å². The van der Waals surface area contributed by atoms with Crippen molar-refractivity contribution in [1.82, 2.24) is 5.32 Å². The predicted molar refractivity (Wildman–Crippen MR) is 227 cm³/mol. The third kappa shape index (κ3) is 39.1. The van der Waals surface area contributed by atoms with E-state index >= 15 is 0 Å². The number of nitrogens with one attached hydrogen (secondary N) is 1. The lowest BCUT2D eigenvalue weighted by Gasteiger charge is -2.19. The van der Waals surface area contributed by atoms with Crippen molar-refractivity contribution in [3.05, 3.63) is 60.8 Å². The summed E-state index contributed by atoms with van der Waals surface area (Å²) in [5.41, 5.74) is 0. The summed E-state index contributed by atoms with van der Waals surface area (Å²) in [5.74, 6) is -0.190. The van der Waals surface area contributed by atoms with Gasteiger partial charge in [0.1, 0.15) is 0 Å². The van der Waals surface area contributed by atoms with Crippen molar-refractivity contribution in [2.75, 3.05) is 13.2 Å². The number of carbonyl (C=O) groups excluding carboxylic acids is 2. The molecular weight excluding hydrogens is 659 g/mol. The summed E-state index contributed by atoms with van der Waals surface area (Å²) in [6, 6.07) is -0.671. The van der Waals surface area contributed by atoms with Crippen LogP contribution in [0.1, 0.15) is 200 Å². The standard InChI is InChI=1S/C47H83NO5/c1-3-5-7-9-11-13-14-15-18-21-25-29-33-37-41-47(52)53-42-38-34-30-26-22-19-16-17-20-24-28-32-36-40-46(51)48-44(43-49)45(50)39-35-31-27-23-12-10-8-6-4-2/h9,11,14-15,17,20,28,32,35,39,44-45,49-50H,3-8,10,12-13,16,18-19,21-27,29-31,33-34,36-38,40-43H2,1-2H3,(H,48,51)/b11-9-,15-14-,20-17-,32-28-,39-35+. The largest absolute Gasteiger partial charge is 0.466 e. The van der Waals surface area contributed by atoms with Crippen LogP contribution >= 0.6 is 0 Å². The lowest BCUT2D eigenvalue weighted by Crippen LogP contribution is -2.45. The van der Waals surface area contributed by atoms with Gasteiger partial charge in [0, 0.05) is 12.8 Å². The van der Waals surface area contributed by atoms with E-state index in [-0.39, 0.29) is 18.5 Å². The smallest absolute Gasteiger partial charge is 0.305 e. The Morgan fingerprint density at radius 3 is 1.53 bits per heavy atom. The molecule has 306 valence electrons. The van der Waals surface area contributed by atoms with Gasteiger partial charge in [-0.3, -0.25) is 9.59 Å². The minimum absolute atomic E-state index is 0.0353. The fourth-order valence-electron chi connectivity index (χ4n) is 6.05. The normalized spacial score (nSPS) is 13.4. The molecule has 0 radical (unpaired) electrons. The number of allylic oxidation sites excluding steroid dienone is 9. The molecule has 2 atom stereocenters. The second kappa shape index (κ2) is 42.3. The van der Waals surface area contributed by atoms with Gasteiger partial charge >= 0.3 is 5.97 Å². The second-order valence-corrected chi connectivity index (χ2v) is 14.7. The molecule has 0 aromatic carbocycles. The third-order valence-electron chi connectivity index (χ3n) is 9.52. The van der Waals surface area contributed by atoms with Crippen LogP contribution in [0.2, 0.25) is 0 Å². The number of rotatable bonds is 39. The van der Waals surface area contributed by atoms with E-state index in [1.54, 1.807) is 6.08 Å². The molecule has 0 spiro atoms. The van der Waals surface area contributed by atoms with Crippen LogP contribution in [0.3, 0.4) is 0 Å². The van der Waals surface area contributed by atoms with Crippen LogP contribution in [0.15, 0.2) is 60.8 Å². The Hall–Kier alpha value is -2.44. The highest BCUT2D eigenvalue weighted by molar-refractivity contribution is 5.76. The SMILES string of the molecule is CCCC/C=C\C/C=C\CCCCCCCC(=O)OCCCCCCCC/C=C\C/C=C\CCC(=O)NC(CO)C(O)/C=C/CCCCCCCCC. The molecule has 0 aromatic rings. The molecule has 0 aliphatic heterocycles. The summed E-state index contributed by atoms with van der Waals surface area (Å²) >= 11 is 0. The van der Waals surface area contributed by atoms with Gasteiger partial charge in [0.05, 0.1) is 25.4 Å². The zero-order valence-electron chi connectivity index (χ0n) is 34.5. The van der Waals surface area contributed by atoms with Gasteiger partial charge in [0.2, 0.25) is 5.91 Å². The number of carbonyl (C=O) groups is 2. The Morgan fingerprint density at radius 1 is 0.528 bits per heavy atom. The maximum Gasteiger partial charge on any atom is 0.305 e. The van der Waals surface area contributed by atoms with E-state index in [1.165, 1.54) is 103 Å². The zero-order valence-corrected chi connectivity index (χ0v) is 34.5. The molecule has 0 heterocycles. The highest BCUT2D eigenvalue weighted by atomic mass is 16.5. The Kier molecular flexibility index (Phi) is 40.4. The lowest BCUT2D eigenvalue weighted by atomic mass is 10.1. The summed E-state index contributed by atoms with van der Waals surface area (Å²) in [5, 5.41) is 22.8. The number of hydrogen-bond acceptors (Lipinski definition) is 5. The first-order valence-corrected chi connectivity index (χ1v) is 22.1. The van der Waals surface area contributed by atoms with E-state index in [2.05, 4.69) is 61.7 Å². The molecule has 53 heavy (non-hydrogen) atoms. The lowest BCUT2D eigenvalue weighted by molar-refractivity contribution is -0.143. The van der Waals surface area contributed by atoms with Crippen molar-refractivity contribution in [2.45, 2.75) is 212 Å². The van der Waals surface area contributed by atoms with Crippen molar-refractivity contribution >= 4 is 11.9 Å². The minimum atomic E-state index is -0.878. The van der Waals surface area contributed by atoms with Gasteiger partial charge < -0.3 is 20.3 Å². The number of aliphatic hydroxyl groups is 2. The summed E-state index contributed by atoms with van der Waals surface area (Å²) in [6.07, 6.45) is 52.2. The number of ether oxygens (including phenoxy) is 1. The van der Waals surface area contributed by atoms with Gasteiger partial charge in [-0.2, -0.15) is 0 Å². The first-order chi connectivity index (χ1) is 26.0. The van der Waals surface area contributed by atoms with Crippen molar-refractivity contribution in [3.63, 3.8) is 0 Å². The maximum atomic E-state index is 12.3. The predicted octanol–water partition coefficient (Wildman–Crippen LogP) is 12.5. The van der Waals surface area contributed by atoms with Gasteiger partial charge in [-0.1, -0.05) is 171 Å². The van der Waals surface area contributed by atoms with E-state index in [4.69, 9.17) is 4.74 Å². The summed E-state index contributed by atoms with van der Waals surface area (Å²) in [7, 11) is 0. The molecule has 0 rings (SSSR count). The Labute approximate surface area is 327 Å². The van der Waals surface area contributed by atoms with Gasteiger partial charge in [-0.15, -0.1) is 0 Å². The fraction of sp³-hybridized carbons (Fsp3) is 0.745. The fourth-order valence-corrected chi connectivity index (χ4v) is 6.05. The molecule has 0 fully saturated rings. The van der Waals surface area contributed by atoms with Crippen LogP contribution in [0.25, 0.3) is 0 Å². The first kappa shape index (κ1) is 50.6. The number of amides is 1. The Bertz CT molecular complexity index is 953. The number of unbranched alkanes of at least 4 members (excludes halogenated alkanes) is 20. The monoisotopic (exact) mass is 742 g/mol. The van der Waals surface area contributed by atoms with Crippen LogP contribution < -0.4 is 5.32 Å². The Morgan fingerprint density at radius 2 is 0.981 bits per heavy atom. The second-order valence-electron chi connectivity index (χ2n) is 14.7. The van der Waals surface area contributed by atoms with Gasteiger partial charge in [-0.05, 0) is 77.0 Å². The highest BCUT2D eigenvalue weighted by Crippen LogP contribution is 2.12. The summed E-state index contributed by atoms with van der Waals surface area (Å²) in [6.45, 7) is 4.73. The van der Waals surface area contributed by atoms with Gasteiger partial charge in [0.25, 0.3) is 0 Å². The van der Waals surface area contributed by atoms with Gasteiger partial charge in [0.15, 0.2) is 0 Å². The molecular formula is C47H83NO5. The average Bonchev–Trinajstić information content (AvgIpc) is 3.16. The van der Waals surface area contributed by atoms with Crippen LogP contribution in [-0.4, -0.2) is 47.4 Å². The molecule has 0 bridgehead atoms. The molecule has 0 saturated heterocycles. The molecule has 0 saturated carbocycles. The highest BCUT2D eigenvalue weighted by Gasteiger charge is 2.17. The molecule has 6 nitrogen and oxygen atoms in total.